The Morgan fingerprint density at radius 3 is 2.71 bits per heavy atom. The van der Waals surface area contributed by atoms with Crippen LogP contribution in [0.5, 0.6) is 0 Å². The first kappa shape index (κ1) is 15.6. The van der Waals surface area contributed by atoms with Crippen molar-refractivity contribution in [3.8, 4) is 0 Å². The van der Waals surface area contributed by atoms with Crippen LogP contribution in [0.3, 0.4) is 0 Å². The third kappa shape index (κ3) is 3.87. The van der Waals surface area contributed by atoms with Crippen molar-refractivity contribution in [1.82, 2.24) is 4.90 Å². The lowest BCUT2D eigenvalue weighted by molar-refractivity contribution is 0.0828. The van der Waals surface area contributed by atoms with E-state index in [4.69, 9.17) is 5.73 Å². The van der Waals surface area contributed by atoms with Crippen LogP contribution in [0, 0.1) is 5.92 Å². The number of carbonyl (C=O) groups is 1. The molecule has 1 unspecified atom stereocenters. The number of benzene rings is 1. The van der Waals surface area contributed by atoms with Crippen LogP contribution >= 0.6 is 0 Å². The second kappa shape index (κ2) is 5.93. The molecule has 6 nitrogen and oxygen atoms in total. The number of nitrogen functional groups attached to an aromatic ring is 1. The molecule has 1 fully saturated rings. The highest BCUT2D eigenvalue weighted by molar-refractivity contribution is 7.91. The second-order valence-electron chi connectivity index (χ2n) is 5.65. The lowest BCUT2D eigenvalue weighted by Crippen LogP contribution is -2.24. The van der Waals surface area contributed by atoms with Gasteiger partial charge in [-0.15, -0.1) is 0 Å². The van der Waals surface area contributed by atoms with Gasteiger partial charge in [0.1, 0.15) is 0 Å². The molecule has 21 heavy (non-hydrogen) atoms. The standard InChI is InChI=1S/C14H21N3O3S/c1-17(2)14(18)12-4-3-11(15)7-13(12)16-8-10-5-6-21(19,20)9-10/h3-4,7,10,16H,5-6,8-9,15H2,1-2H3. The number of nitrogens with two attached hydrogens (primary N) is 1. The summed E-state index contributed by atoms with van der Waals surface area (Å²) >= 11 is 0. The first-order valence-corrected chi connectivity index (χ1v) is 8.66. The summed E-state index contributed by atoms with van der Waals surface area (Å²) in [7, 11) is 0.485. The normalized spacial score (nSPS) is 20.2. The van der Waals surface area contributed by atoms with Crippen LogP contribution < -0.4 is 11.1 Å². The summed E-state index contributed by atoms with van der Waals surface area (Å²) in [4.78, 5) is 13.6. The van der Waals surface area contributed by atoms with Crippen molar-refractivity contribution < 1.29 is 13.2 Å². The molecule has 0 radical (unpaired) electrons. The van der Waals surface area contributed by atoms with E-state index < -0.39 is 9.84 Å². The maximum absolute atomic E-state index is 12.1. The van der Waals surface area contributed by atoms with Crippen LogP contribution in [-0.4, -0.2) is 51.4 Å². The first-order chi connectivity index (χ1) is 9.78. The fraction of sp³-hybridized carbons (Fsp3) is 0.500. The molecule has 1 saturated heterocycles. The predicted molar refractivity (Wildman–Crippen MR) is 84.1 cm³/mol. The number of anilines is 2. The molecule has 1 heterocycles. The monoisotopic (exact) mass is 311 g/mol. The molecule has 0 aliphatic carbocycles. The minimum Gasteiger partial charge on any atom is -0.399 e. The van der Waals surface area contributed by atoms with E-state index in [0.29, 0.717) is 29.9 Å². The van der Waals surface area contributed by atoms with Gasteiger partial charge in [0, 0.05) is 32.0 Å². The largest absolute Gasteiger partial charge is 0.399 e. The maximum Gasteiger partial charge on any atom is 0.255 e. The first-order valence-electron chi connectivity index (χ1n) is 6.84. The van der Waals surface area contributed by atoms with Gasteiger partial charge in [-0.2, -0.15) is 0 Å². The van der Waals surface area contributed by atoms with E-state index in [2.05, 4.69) is 5.32 Å². The van der Waals surface area contributed by atoms with E-state index >= 15 is 0 Å². The van der Waals surface area contributed by atoms with Crippen LogP contribution in [0.1, 0.15) is 16.8 Å². The number of sulfone groups is 1. The molecule has 0 aromatic heterocycles. The van der Waals surface area contributed by atoms with Crippen LogP contribution in [0.15, 0.2) is 18.2 Å². The van der Waals surface area contributed by atoms with Gasteiger partial charge in [0.25, 0.3) is 5.91 Å². The van der Waals surface area contributed by atoms with E-state index in [1.807, 2.05) is 0 Å². The Balaban J connectivity index is 2.12. The van der Waals surface area contributed by atoms with Crippen molar-refractivity contribution in [2.75, 3.05) is 43.2 Å². The average molecular weight is 311 g/mol. The van der Waals surface area contributed by atoms with E-state index in [1.165, 1.54) is 4.90 Å². The summed E-state index contributed by atoms with van der Waals surface area (Å²) in [5.41, 5.74) is 7.52. The van der Waals surface area contributed by atoms with Crippen molar-refractivity contribution in [3.05, 3.63) is 23.8 Å². The molecule has 0 bridgehead atoms. The number of carbonyl (C=O) groups excluding carboxylic acids is 1. The molecular weight excluding hydrogens is 290 g/mol. The number of nitrogens with zero attached hydrogens (tertiary/aromatic N) is 1. The average Bonchev–Trinajstić information content (AvgIpc) is 2.75. The molecule has 0 saturated carbocycles. The van der Waals surface area contributed by atoms with Crippen LogP contribution in [0.2, 0.25) is 0 Å². The van der Waals surface area contributed by atoms with Gasteiger partial charge < -0.3 is 16.0 Å². The molecule has 1 atom stereocenters. The molecule has 1 amide bonds. The second-order valence-corrected chi connectivity index (χ2v) is 7.88. The molecule has 2 rings (SSSR count). The third-order valence-electron chi connectivity index (χ3n) is 3.59. The number of hydrogen-bond donors (Lipinski definition) is 2. The fourth-order valence-corrected chi connectivity index (χ4v) is 4.28. The molecule has 3 N–H and O–H groups in total. The Bertz CT molecular complexity index is 641. The summed E-state index contributed by atoms with van der Waals surface area (Å²) in [5, 5.41) is 3.18. The van der Waals surface area contributed by atoms with Crippen molar-refractivity contribution in [1.29, 1.82) is 0 Å². The van der Waals surface area contributed by atoms with Crippen molar-refractivity contribution >= 4 is 27.1 Å². The predicted octanol–water partition coefficient (Wildman–Crippen LogP) is 0.817. The van der Waals surface area contributed by atoms with Gasteiger partial charge in [0.2, 0.25) is 0 Å². The molecule has 1 aromatic carbocycles. The van der Waals surface area contributed by atoms with Crippen molar-refractivity contribution in [2.24, 2.45) is 5.92 Å². The molecular formula is C14H21N3O3S. The SMILES string of the molecule is CN(C)C(=O)c1ccc(N)cc1NCC1CCS(=O)(=O)C1. The van der Waals surface area contributed by atoms with Crippen LogP contribution in [0.25, 0.3) is 0 Å². The highest BCUT2D eigenvalue weighted by Gasteiger charge is 2.27. The number of rotatable bonds is 4. The van der Waals surface area contributed by atoms with Gasteiger partial charge >= 0.3 is 0 Å². The molecule has 7 heteroatoms. The van der Waals surface area contributed by atoms with Crippen LogP contribution in [0.4, 0.5) is 11.4 Å². The van der Waals surface area contributed by atoms with Crippen molar-refractivity contribution in [3.63, 3.8) is 0 Å². The topological polar surface area (TPSA) is 92.5 Å². The molecule has 0 spiro atoms. The Hall–Kier alpha value is -1.76. The zero-order chi connectivity index (χ0) is 15.6. The van der Waals surface area contributed by atoms with E-state index in [0.717, 1.165) is 0 Å². The Labute approximate surface area is 125 Å². The minimum absolute atomic E-state index is 0.0822. The Kier molecular flexibility index (Phi) is 4.41. The lowest BCUT2D eigenvalue weighted by Gasteiger charge is -2.17. The highest BCUT2D eigenvalue weighted by atomic mass is 32.2. The van der Waals surface area contributed by atoms with Gasteiger partial charge in [0.15, 0.2) is 9.84 Å². The van der Waals surface area contributed by atoms with Crippen LogP contribution in [-0.2, 0) is 9.84 Å². The van der Waals surface area contributed by atoms with E-state index in [9.17, 15) is 13.2 Å². The van der Waals surface area contributed by atoms with E-state index in [-0.39, 0.29) is 23.3 Å². The smallest absolute Gasteiger partial charge is 0.255 e. The number of nitrogens with one attached hydrogen (secondary N) is 1. The molecule has 1 aliphatic rings. The third-order valence-corrected chi connectivity index (χ3v) is 5.43. The molecule has 1 aromatic rings. The van der Waals surface area contributed by atoms with Gasteiger partial charge in [-0.25, -0.2) is 8.42 Å². The summed E-state index contributed by atoms with van der Waals surface area (Å²) < 4.78 is 22.9. The zero-order valence-electron chi connectivity index (χ0n) is 12.3. The zero-order valence-corrected chi connectivity index (χ0v) is 13.1. The Morgan fingerprint density at radius 2 is 2.14 bits per heavy atom. The van der Waals surface area contributed by atoms with Gasteiger partial charge in [-0.1, -0.05) is 0 Å². The summed E-state index contributed by atoms with van der Waals surface area (Å²) in [5.74, 6) is 0.425. The number of hydrogen-bond acceptors (Lipinski definition) is 5. The maximum atomic E-state index is 12.1. The van der Waals surface area contributed by atoms with Gasteiger partial charge in [0.05, 0.1) is 17.1 Å². The lowest BCUT2D eigenvalue weighted by atomic mass is 10.1. The van der Waals surface area contributed by atoms with Gasteiger partial charge in [-0.05, 0) is 30.5 Å². The van der Waals surface area contributed by atoms with E-state index in [1.54, 1.807) is 32.3 Å². The highest BCUT2D eigenvalue weighted by Crippen LogP contribution is 2.23. The Morgan fingerprint density at radius 1 is 1.43 bits per heavy atom. The van der Waals surface area contributed by atoms with Gasteiger partial charge in [-0.3, -0.25) is 4.79 Å². The summed E-state index contributed by atoms with van der Waals surface area (Å²) in [6.07, 6.45) is 0.661. The molecule has 116 valence electrons. The summed E-state index contributed by atoms with van der Waals surface area (Å²) in [6, 6.07) is 5.08. The summed E-state index contributed by atoms with van der Waals surface area (Å²) in [6.45, 7) is 0.524. The molecule has 1 aliphatic heterocycles. The minimum atomic E-state index is -2.89. The quantitative estimate of drug-likeness (QED) is 0.803. The number of amides is 1. The fourth-order valence-electron chi connectivity index (χ4n) is 2.42. The van der Waals surface area contributed by atoms with Crippen molar-refractivity contribution in [2.45, 2.75) is 6.42 Å².